The zero-order chi connectivity index (χ0) is 26.3. The van der Waals surface area contributed by atoms with Crippen LogP contribution in [-0.2, 0) is 26.2 Å². The Morgan fingerprint density at radius 2 is 1.66 bits per heavy atom. The minimum Gasteiger partial charge on any atom is -0.352 e. The van der Waals surface area contributed by atoms with Crippen molar-refractivity contribution in [1.29, 1.82) is 0 Å². The maximum absolute atomic E-state index is 13.7. The SMILES string of the molecule is CC[C@H](C)NC(=O)[C@H](CC)N(Cc1ccccc1Cl)C(=O)CN(c1ccc(Cl)cc1Cl)S(C)(=O)=O. The van der Waals surface area contributed by atoms with E-state index in [0.29, 0.717) is 22.0 Å². The van der Waals surface area contributed by atoms with Crippen molar-refractivity contribution in [1.82, 2.24) is 10.2 Å². The summed E-state index contributed by atoms with van der Waals surface area (Å²) in [4.78, 5) is 28.1. The summed E-state index contributed by atoms with van der Waals surface area (Å²) in [6, 6.07) is 10.4. The first-order chi connectivity index (χ1) is 16.4. The molecule has 0 saturated carbocycles. The fourth-order valence-electron chi connectivity index (χ4n) is 3.45. The molecule has 192 valence electrons. The highest BCUT2D eigenvalue weighted by atomic mass is 35.5. The lowest BCUT2D eigenvalue weighted by atomic mass is 10.1. The summed E-state index contributed by atoms with van der Waals surface area (Å²) in [5, 5.41) is 3.75. The molecule has 0 fully saturated rings. The second-order valence-corrected chi connectivity index (χ2v) is 11.4. The van der Waals surface area contributed by atoms with Crippen molar-refractivity contribution in [2.24, 2.45) is 0 Å². The first-order valence-electron chi connectivity index (χ1n) is 11.1. The van der Waals surface area contributed by atoms with Gasteiger partial charge in [0.05, 0.1) is 17.0 Å². The van der Waals surface area contributed by atoms with Crippen LogP contribution in [0.25, 0.3) is 0 Å². The van der Waals surface area contributed by atoms with Gasteiger partial charge in [0.25, 0.3) is 0 Å². The van der Waals surface area contributed by atoms with Crippen molar-refractivity contribution < 1.29 is 18.0 Å². The van der Waals surface area contributed by atoms with E-state index in [1.807, 2.05) is 13.8 Å². The number of anilines is 1. The Kier molecular flexibility index (Phi) is 10.7. The summed E-state index contributed by atoms with van der Waals surface area (Å²) >= 11 is 18.6. The van der Waals surface area contributed by atoms with Crippen LogP contribution in [0.1, 0.15) is 39.2 Å². The minimum atomic E-state index is -3.91. The van der Waals surface area contributed by atoms with Gasteiger partial charge in [-0.2, -0.15) is 0 Å². The quantitative estimate of drug-likeness (QED) is 0.411. The maximum Gasteiger partial charge on any atom is 0.244 e. The molecule has 0 heterocycles. The van der Waals surface area contributed by atoms with E-state index in [2.05, 4.69) is 5.32 Å². The largest absolute Gasteiger partial charge is 0.352 e. The second-order valence-electron chi connectivity index (χ2n) is 8.22. The van der Waals surface area contributed by atoms with Crippen LogP contribution in [0.5, 0.6) is 0 Å². The average molecular weight is 563 g/mol. The van der Waals surface area contributed by atoms with Crippen molar-refractivity contribution in [2.45, 2.75) is 52.2 Å². The fraction of sp³-hybridized carbons (Fsp3) is 0.417. The van der Waals surface area contributed by atoms with E-state index < -0.39 is 28.5 Å². The summed E-state index contributed by atoms with van der Waals surface area (Å²) in [6.07, 6.45) is 2.02. The maximum atomic E-state index is 13.7. The number of benzene rings is 2. The smallest absolute Gasteiger partial charge is 0.244 e. The van der Waals surface area contributed by atoms with Crippen LogP contribution in [0.4, 0.5) is 5.69 Å². The summed E-state index contributed by atoms with van der Waals surface area (Å²) in [5.74, 6) is -0.898. The zero-order valence-electron chi connectivity index (χ0n) is 20.1. The molecule has 2 rings (SSSR count). The van der Waals surface area contributed by atoms with Gasteiger partial charge in [-0.3, -0.25) is 13.9 Å². The second kappa shape index (κ2) is 12.8. The molecule has 0 radical (unpaired) electrons. The predicted octanol–water partition coefficient (Wildman–Crippen LogP) is 5.13. The molecule has 0 saturated heterocycles. The number of amides is 2. The predicted molar refractivity (Wildman–Crippen MR) is 143 cm³/mol. The van der Waals surface area contributed by atoms with E-state index in [9.17, 15) is 18.0 Å². The van der Waals surface area contributed by atoms with Crippen LogP contribution in [0.3, 0.4) is 0 Å². The Balaban J connectivity index is 2.49. The number of halogens is 3. The molecule has 0 aliphatic heterocycles. The lowest BCUT2D eigenvalue weighted by molar-refractivity contribution is -0.140. The molecule has 0 unspecified atom stereocenters. The van der Waals surface area contributed by atoms with Crippen LogP contribution < -0.4 is 9.62 Å². The number of nitrogens with one attached hydrogen (secondary N) is 1. The van der Waals surface area contributed by atoms with Gasteiger partial charge in [-0.15, -0.1) is 0 Å². The van der Waals surface area contributed by atoms with E-state index >= 15 is 0 Å². The van der Waals surface area contributed by atoms with Gasteiger partial charge in [0.2, 0.25) is 21.8 Å². The lowest BCUT2D eigenvalue weighted by Gasteiger charge is -2.33. The molecule has 0 bridgehead atoms. The Labute approximate surface area is 222 Å². The highest BCUT2D eigenvalue weighted by Gasteiger charge is 2.33. The van der Waals surface area contributed by atoms with Crippen LogP contribution in [0.15, 0.2) is 42.5 Å². The van der Waals surface area contributed by atoms with Gasteiger partial charge in [0.1, 0.15) is 12.6 Å². The molecule has 35 heavy (non-hydrogen) atoms. The van der Waals surface area contributed by atoms with Crippen LogP contribution in [-0.4, -0.2) is 50.0 Å². The lowest BCUT2D eigenvalue weighted by Crippen LogP contribution is -2.53. The number of hydrogen-bond donors (Lipinski definition) is 1. The third-order valence-corrected chi connectivity index (χ3v) is 7.58. The van der Waals surface area contributed by atoms with E-state index in [4.69, 9.17) is 34.8 Å². The molecule has 1 N–H and O–H groups in total. The average Bonchev–Trinajstić information content (AvgIpc) is 2.78. The van der Waals surface area contributed by atoms with Crippen LogP contribution >= 0.6 is 34.8 Å². The Bertz CT molecular complexity index is 1160. The molecule has 11 heteroatoms. The summed E-state index contributed by atoms with van der Waals surface area (Å²) < 4.78 is 26.2. The molecule has 2 aromatic rings. The van der Waals surface area contributed by atoms with Crippen molar-refractivity contribution in [3.05, 3.63) is 63.1 Å². The summed E-state index contributed by atoms with van der Waals surface area (Å²) in [5.41, 5.74) is 0.745. The third kappa shape index (κ3) is 8.00. The zero-order valence-corrected chi connectivity index (χ0v) is 23.2. The van der Waals surface area contributed by atoms with E-state index in [1.165, 1.54) is 23.1 Å². The Morgan fingerprint density at radius 1 is 1.00 bits per heavy atom. The van der Waals surface area contributed by atoms with Gasteiger partial charge >= 0.3 is 0 Å². The molecule has 2 aromatic carbocycles. The number of hydrogen-bond acceptors (Lipinski definition) is 4. The van der Waals surface area contributed by atoms with E-state index in [1.54, 1.807) is 31.2 Å². The minimum absolute atomic E-state index is 0.0247. The van der Waals surface area contributed by atoms with Gasteiger partial charge < -0.3 is 10.2 Å². The van der Waals surface area contributed by atoms with Crippen molar-refractivity contribution in [3.8, 4) is 0 Å². The monoisotopic (exact) mass is 561 g/mol. The van der Waals surface area contributed by atoms with Gasteiger partial charge in [0.15, 0.2) is 0 Å². The van der Waals surface area contributed by atoms with E-state index in [-0.39, 0.29) is 29.2 Å². The first kappa shape index (κ1) is 29.2. The van der Waals surface area contributed by atoms with E-state index in [0.717, 1.165) is 17.0 Å². The first-order valence-corrected chi connectivity index (χ1v) is 14.1. The van der Waals surface area contributed by atoms with Crippen LogP contribution in [0, 0.1) is 0 Å². The number of rotatable bonds is 11. The molecule has 2 amide bonds. The van der Waals surface area contributed by atoms with Gasteiger partial charge in [-0.1, -0.05) is 66.8 Å². The molecule has 2 atom stereocenters. The molecular formula is C24H30Cl3N3O4S. The highest BCUT2D eigenvalue weighted by molar-refractivity contribution is 7.92. The fourth-order valence-corrected chi connectivity index (χ4v) is 5.07. The molecule has 7 nitrogen and oxygen atoms in total. The molecular weight excluding hydrogens is 533 g/mol. The molecule has 0 spiro atoms. The van der Waals surface area contributed by atoms with Crippen molar-refractivity contribution in [3.63, 3.8) is 0 Å². The topological polar surface area (TPSA) is 86.8 Å². The van der Waals surface area contributed by atoms with Gasteiger partial charge in [-0.05, 0) is 49.6 Å². The molecule has 0 aliphatic rings. The molecule has 0 aliphatic carbocycles. The van der Waals surface area contributed by atoms with Gasteiger partial charge in [0, 0.05) is 22.6 Å². The van der Waals surface area contributed by atoms with Crippen molar-refractivity contribution >= 4 is 62.3 Å². The number of nitrogens with zero attached hydrogens (tertiary/aromatic N) is 2. The number of sulfonamides is 1. The normalized spacial score (nSPS) is 13.1. The van der Waals surface area contributed by atoms with Crippen molar-refractivity contribution in [2.75, 3.05) is 17.1 Å². The van der Waals surface area contributed by atoms with Gasteiger partial charge in [-0.25, -0.2) is 8.42 Å². The highest BCUT2D eigenvalue weighted by Crippen LogP contribution is 2.31. The van der Waals surface area contributed by atoms with Crippen LogP contribution in [0.2, 0.25) is 15.1 Å². The Morgan fingerprint density at radius 3 is 2.20 bits per heavy atom. The standard InChI is InChI=1S/C24H30Cl3N3O4S/c1-5-16(3)28-24(32)21(6-2)29(14-17-9-7-8-10-19(17)26)23(31)15-30(35(4,33)34)22-12-11-18(25)13-20(22)27/h7-13,16,21H,5-6,14-15H2,1-4H3,(H,28,32)/t16-,21-/m0/s1. The third-order valence-electron chi connectivity index (χ3n) is 5.54. The number of carbonyl (C=O) groups excluding carboxylic acids is 2. The Hall–Kier alpha value is -2.00. The summed E-state index contributed by atoms with van der Waals surface area (Å²) in [7, 11) is -3.91. The summed E-state index contributed by atoms with van der Waals surface area (Å²) in [6.45, 7) is 5.07. The molecule has 0 aromatic heterocycles. The number of carbonyl (C=O) groups is 2.